The molecular weight excluding hydrogens is 260 g/mol. The second-order valence-electron chi connectivity index (χ2n) is 4.65. The molecule has 0 unspecified atom stereocenters. The summed E-state index contributed by atoms with van der Waals surface area (Å²) in [5.41, 5.74) is 0.156. The third-order valence-electron chi connectivity index (χ3n) is 2.86. The normalized spacial score (nSPS) is 13.7. The van der Waals surface area contributed by atoms with E-state index in [1.165, 1.54) is 19.5 Å². The van der Waals surface area contributed by atoms with Crippen molar-refractivity contribution in [3.8, 4) is 0 Å². The zero-order valence-electron chi connectivity index (χ0n) is 11.4. The lowest BCUT2D eigenvalue weighted by Crippen LogP contribution is -2.25. The van der Waals surface area contributed by atoms with Gasteiger partial charge in [-0.05, 0) is 19.3 Å². The van der Waals surface area contributed by atoms with E-state index in [9.17, 15) is 9.59 Å². The summed E-state index contributed by atoms with van der Waals surface area (Å²) >= 11 is 0. The average Bonchev–Trinajstić information content (AvgIpc) is 3.27. The third kappa shape index (κ3) is 4.49. The predicted octanol–water partition coefficient (Wildman–Crippen LogP) is 0.734. The molecular formula is C13H18N4O3. The summed E-state index contributed by atoms with van der Waals surface area (Å²) < 4.78 is 4.57. The molecule has 1 aromatic heterocycles. The van der Waals surface area contributed by atoms with Gasteiger partial charge < -0.3 is 15.4 Å². The van der Waals surface area contributed by atoms with E-state index in [4.69, 9.17) is 0 Å². The maximum atomic E-state index is 11.5. The summed E-state index contributed by atoms with van der Waals surface area (Å²) in [4.78, 5) is 30.7. The maximum absolute atomic E-state index is 11.5. The minimum absolute atomic E-state index is 0.0868. The van der Waals surface area contributed by atoms with Gasteiger partial charge in [0.05, 0.1) is 19.5 Å². The van der Waals surface area contributed by atoms with Crippen LogP contribution in [0.25, 0.3) is 0 Å². The lowest BCUT2D eigenvalue weighted by Gasteiger charge is -2.06. The van der Waals surface area contributed by atoms with Gasteiger partial charge in [-0.2, -0.15) is 0 Å². The van der Waals surface area contributed by atoms with Gasteiger partial charge in [0.15, 0.2) is 5.69 Å². The third-order valence-corrected chi connectivity index (χ3v) is 2.86. The van der Waals surface area contributed by atoms with Crippen molar-refractivity contribution in [1.29, 1.82) is 0 Å². The van der Waals surface area contributed by atoms with Crippen molar-refractivity contribution >= 4 is 17.7 Å². The molecule has 0 spiro atoms. The number of amides is 1. The highest BCUT2D eigenvalue weighted by Crippen LogP contribution is 2.18. The number of nitrogens with one attached hydrogen (secondary N) is 2. The summed E-state index contributed by atoms with van der Waals surface area (Å²) in [7, 11) is 1.29. The molecule has 0 radical (unpaired) electrons. The molecule has 7 nitrogen and oxygen atoms in total. The van der Waals surface area contributed by atoms with Gasteiger partial charge in [-0.1, -0.05) is 0 Å². The predicted molar refractivity (Wildman–Crippen MR) is 72.3 cm³/mol. The SMILES string of the molecule is COC(=O)c1cncc(NCCCC(=O)NC2CC2)n1. The number of esters is 1. The molecule has 1 saturated carbocycles. The van der Waals surface area contributed by atoms with Gasteiger partial charge >= 0.3 is 5.97 Å². The van der Waals surface area contributed by atoms with Gasteiger partial charge in [-0.15, -0.1) is 0 Å². The molecule has 1 aromatic rings. The Morgan fingerprint density at radius 1 is 1.40 bits per heavy atom. The van der Waals surface area contributed by atoms with Crippen molar-refractivity contribution in [2.75, 3.05) is 19.0 Å². The van der Waals surface area contributed by atoms with Crippen LogP contribution in [0.5, 0.6) is 0 Å². The Labute approximate surface area is 117 Å². The molecule has 2 N–H and O–H groups in total. The Morgan fingerprint density at radius 2 is 2.20 bits per heavy atom. The largest absolute Gasteiger partial charge is 0.464 e. The second kappa shape index (κ2) is 6.83. The first-order valence-corrected chi connectivity index (χ1v) is 6.62. The first-order valence-electron chi connectivity index (χ1n) is 6.62. The van der Waals surface area contributed by atoms with Gasteiger partial charge in [-0.25, -0.2) is 9.78 Å². The highest BCUT2D eigenvalue weighted by atomic mass is 16.5. The summed E-state index contributed by atoms with van der Waals surface area (Å²) in [5.74, 6) is 0.0594. The summed E-state index contributed by atoms with van der Waals surface area (Å²) in [6.45, 7) is 0.595. The van der Waals surface area contributed by atoms with Gasteiger partial charge in [0, 0.05) is 19.0 Å². The maximum Gasteiger partial charge on any atom is 0.358 e. The number of ether oxygens (including phenoxy) is 1. The molecule has 7 heteroatoms. The molecule has 0 atom stereocenters. The Kier molecular flexibility index (Phi) is 4.86. The smallest absolute Gasteiger partial charge is 0.358 e. The highest BCUT2D eigenvalue weighted by molar-refractivity contribution is 5.87. The first-order chi connectivity index (χ1) is 9.69. The van der Waals surface area contributed by atoms with Crippen molar-refractivity contribution in [1.82, 2.24) is 15.3 Å². The number of anilines is 1. The van der Waals surface area contributed by atoms with E-state index in [1.807, 2.05) is 0 Å². The summed E-state index contributed by atoms with van der Waals surface area (Å²) in [6, 6.07) is 0.401. The van der Waals surface area contributed by atoms with Crippen molar-refractivity contribution < 1.29 is 14.3 Å². The van der Waals surface area contributed by atoms with Gasteiger partial charge in [-0.3, -0.25) is 9.78 Å². The van der Waals surface area contributed by atoms with E-state index < -0.39 is 5.97 Å². The Hall–Kier alpha value is -2.18. The van der Waals surface area contributed by atoms with E-state index in [0.717, 1.165) is 12.8 Å². The molecule has 1 aliphatic rings. The molecule has 1 amide bonds. The number of rotatable bonds is 7. The molecule has 1 aliphatic carbocycles. The average molecular weight is 278 g/mol. The minimum atomic E-state index is -0.523. The second-order valence-corrected chi connectivity index (χ2v) is 4.65. The molecule has 0 bridgehead atoms. The van der Waals surface area contributed by atoms with Crippen molar-refractivity contribution in [2.45, 2.75) is 31.7 Å². The van der Waals surface area contributed by atoms with Gasteiger partial charge in [0.1, 0.15) is 5.82 Å². The van der Waals surface area contributed by atoms with Crippen LogP contribution in [-0.2, 0) is 9.53 Å². The zero-order chi connectivity index (χ0) is 14.4. The molecule has 108 valence electrons. The minimum Gasteiger partial charge on any atom is -0.464 e. The van der Waals surface area contributed by atoms with Crippen LogP contribution in [0.2, 0.25) is 0 Å². The molecule has 20 heavy (non-hydrogen) atoms. The number of aromatic nitrogens is 2. The molecule has 2 rings (SSSR count). The first kappa shape index (κ1) is 14.2. The molecule has 0 aliphatic heterocycles. The lowest BCUT2D eigenvalue weighted by molar-refractivity contribution is -0.121. The van der Waals surface area contributed by atoms with Crippen LogP contribution in [0.1, 0.15) is 36.2 Å². The lowest BCUT2D eigenvalue weighted by atomic mass is 10.3. The number of methoxy groups -OCH3 is 1. The van der Waals surface area contributed by atoms with Crippen LogP contribution in [0, 0.1) is 0 Å². The highest BCUT2D eigenvalue weighted by Gasteiger charge is 2.22. The van der Waals surface area contributed by atoms with Crippen LogP contribution in [0.15, 0.2) is 12.4 Å². The molecule has 0 aromatic carbocycles. The quantitative estimate of drug-likeness (QED) is 0.564. The van der Waals surface area contributed by atoms with Gasteiger partial charge in [0.2, 0.25) is 5.91 Å². The van der Waals surface area contributed by atoms with Crippen molar-refractivity contribution in [3.63, 3.8) is 0 Å². The number of carbonyl (C=O) groups excluding carboxylic acids is 2. The van der Waals surface area contributed by atoms with E-state index >= 15 is 0 Å². The fourth-order valence-corrected chi connectivity index (χ4v) is 1.65. The molecule has 1 fully saturated rings. The van der Waals surface area contributed by atoms with E-state index in [1.54, 1.807) is 0 Å². The van der Waals surface area contributed by atoms with Crippen LogP contribution in [0.4, 0.5) is 5.82 Å². The van der Waals surface area contributed by atoms with Crippen molar-refractivity contribution in [2.24, 2.45) is 0 Å². The number of carbonyl (C=O) groups is 2. The molecule has 1 heterocycles. The monoisotopic (exact) mass is 278 g/mol. The Bertz CT molecular complexity index is 488. The van der Waals surface area contributed by atoms with Gasteiger partial charge in [0.25, 0.3) is 0 Å². The van der Waals surface area contributed by atoms with Crippen LogP contribution in [0.3, 0.4) is 0 Å². The zero-order valence-corrected chi connectivity index (χ0v) is 11.4. The van der Waals surface area contributed by atoms with Crippen LogP contribution >= 0.6 is 0 Å². The van der Waals surface area contributed by atoms with E-state index in [0.29, 0.717) is 31.2 Å². The van der Waals surface area contributed by atoms with Crippen LogP contribution in [-0.4, -0.2) is 41.5 Å². The summed E-state index contributed by atoms with van der Waals surface area (Å²) in [6.07, 6.45) is 6.24. The molecule has 0 saturated heterocycles. The van der Waals surface area contributed by atoms with Crippen molar-refractivity contribution in [3.05, 3.63) is 18.1 Å². The fourth-order valence-electron chi connectivity index (χ4n) is 1.65. The standard InChI is InChI=1S/C13H18N4O3/c1-20-13(19)10-7-14-8-11(17-10)15-6-2-3-12(18)16-9-4-5-9/h7-9H,2-6H2,1H3,(H,15,17)(H,16,18). The Morgan fingerprint density at radius 3 is 2.90 bits per heavy atom. The number of nitrogens with zero attached hydrogens (tertiary/aromatic N) is 2. The van der Waals surface area contributed by atoms with E-state index in [2.05, 4.69) is 25.3 Å². The fraction of sp³-hybridized carbons (Fsp3) is 0.538. The number of hydrogen-bond donors (Lipinski definition) is 2. The van der Waals surface area contributed by atoms with E-state index in [-0.39, 0.29) is 11.6 Å². The van der Waals surface area contributed by atoms with Crippen LogP contribution < -0.4 is 10.6 Å². The topological polar surface area (TPSA) is 93.2 Å². The number of hydrogen-bond acceptors (Lipinski definition) is 6. The summed E-state index contributed by atoms with van der Waals surface area (Å²) in [5, 5.41) is 5.96. The Balaban J connectivity index is 1.70.